The molecule has 8 nitrogen and oxygen atoms in total. The lowest BCUT2D eigenvalue weighted by molar-refractivity contribution is 0.0693. The van der Waals surface area contributed by atoms with Crippen molar-refractivity contribution in [1.29, 1.82) is 0 Å². The van der Waals surface area contributed by atoms with E-state index in [-0.39, 0.29) is 21.9 Å². The predicted octanol–water partition coefficient (Wildman–Crippen LogP) is 3.91. The Morgan fingerprint density at radius 1 is 0.923 bits per heavy atom. The summed E-state index contributed by atoms with van der Waals surface area (Å²) in [6, 6.07) is 12.8. The Hall–Kier alpha value is -3.30. The van der Waals surface area contributed by atoms with E-state index in [1.807, 2.05) is 0 Å². The van der Waals surface area contributed by atoms with E-state index in [9.17, 15) is 22.9 Å². The smallest absolute Gasteiger partial charge is 0.339 e. The zero-order chi connectivity index (χ0) is 18.9. The molecule has 0 saturated carbocycles. The molecule has 26 heavy (non-hydrogen) atoms. The minimum Gasteiger partial charge on any atom is -0.507 e. The SMILES string of the molecule is O=C(O)c1cc(N=Nc2ccc3c(S(=O)(=O)O)cccc3c2)ccc1O. The highest BCUT2D eigenvalue weighted by atomic mass is 32.2. The van der Waals surface area contributed by atoms with Gasteiger partial charge in [-0.2, -0.15) is 18.6 Å². The summed E-state index contributed by atoms with van der Waals surface area (Å²) < 4.78 is 32.1. The molecule has 3 aromatic rings. The Labute approximate surface area is 147 Å². The molecule has 0 aromatic heterocycles. The first-order valence-electron chi connectivity index (χ1n) is 7.24. The molecular weight excluding hydrogens is 360 g/mol. The van der Waals surface area contributed by atoms with Crippen LogP contribution in [0, 0.1) is 0 Å². The summed E-state index contributed by atoms with van der Waals surface area (Å²) in [4.78, 5) is 10.8. The number of carboxylic acid groups (broad SMARTS) is 1. The Bertz CT molecular complexity index is 1160. The molecule has 0 radical (unpaired) electrons. The first-order valence-corrected chi connectivity index (χ1v) is 8.68. The molecule has 3 N–H and O–H groups in total. The van der Waals surface area contributed by atoms with E-state index in [1.54, 1.807) is 12.1 Å². The molecule has 3 aromatic carbocycles. The summed E-state index contributed by atoms with van der Waals surface area (Å²) in [5, 5.41) is 27.2. The number of rotatable bonds is 4. The Morgan fingerprint density at radius 2 is 1.58 bits per heavy atom. The number of azo groups is 1. The lowest BCUT2D eigenvalue weighted by Crippen LogP contribution is -1.98. The fourth-order valence-corrected chi connectivity index (χ4v) is 3.12. The van der Waals surface area contributed by atoms with Gasteiger partial charge in [-0.25, -0.2) is 4.79 Å². The summed E-state index contributed by atoms with van der Waals surface area (Å²) in [7, 11) is -4.35. The van der Waals surface area contributed by atoms with Crippen molar-refractivity contribution < 1.29 is 28.0 Å². The van der Waals surface area contributed by atoms with Gasteiger partial charge in [-0.3, -0.25) is 4.55 Å². The highest BCUT2D eigenvalue weighted by Crippen LogP contribution is 2.29. The normalized spacial score (nSPS) is 11.9. The summed E-state index contributed by atoms with van der Waals surface area (Å²) in [5.74, 6) is -1.66. The molecule has 0 aliphatic heterocycles. The minimum atomic E-state index is -4.35. The van der Waals surface area contributed by atoms with Crippen molar-refractivity contribution >= 4 is 38.2 Å². The Kier molecular flexibility index (Phi) is 4.41. The Balaban J connectivity index is 1.99. The van der Waals surface area contributed by atoms with Crippen LogP contribution in [0.3, 0.4) is 0 Å². The van der Waals surface area contributed by atoms with Gasteiger partial charge < -0.3 is 10.2 Å². The zero-order valence-electron chi connectivity index (χ0n) is 13.1. The van der Waals surface area contributed by atoms with Crippen LogP contribution in [-0.2, 0) is 10.1 Å². The van der Waals surface area contributed by atoms with Gasteiger partial charge in [0.15, 0.2) is 0 Å². The zero-order valence-corrected chi connectivity index (χ0v) is 13.9. The number of hydrogen-bond acceptors (Lipinski definition) is 6. The van der Waals surface area contributed by atoms with Gasteiger partial charge >= 0.3 is 5.97 Å². The third-order valence-corrected chi connectivity index (χ3v) is 4.51. The van der Waals surface area contributed by atoms with Crippen molar-refractivity contribution in [2.45, 2.75) is 4.90 Å². The monoisotopic (exact) mass is 372 g/mol. The number of carbonyl (C=O) groups is 1. The van der Waals surface area contributed by atoms with Gasteiger partial charge in [-0.15, -0.1) is 0 Å². The fraction of sp³-hybridized carbons (Fsp3) is 0. The van der Waals surface area contributed by atoms with Gasteiger partial charge in [0, 0.05) is 5.39 Å². The fourth-order valence-electron chi connectivity index (χ4n) is 2.40. The second kappa shape index (κ2) is 6.54. The second-order valence-electron chi connectivity index (χ2n) is 5.34. The summed E-state index contributed by atoms with van der Waals surface area (Å²) in [5.41, 5.74) is 0.333. The average molecular weight is 372 g/mol. The molecule has 132 valence electrons. The topological polar surface area (TPSA) is 137 Å². The third-order valence-electron chi connectivity index (χ3n) is 3.59. The van der Waals surface area contributed by atoms with E-state index in [2.05, 4.69) is 10.2 Å². The maximum atomic E-state index is 11.4. The number of aromatic hydroxyl groups is 1. The van der Waals surface area contributed by atoms with Crippen molar-refractivity contribution in [3.8, 4) is 5.75 Å². The second-order valence-corrected chi connectivity index (χ2v) is 6.73. The van der Waals surface area contributed by atoms with Gasteiger partial charge in [0.1, 0.15) is 16.2 Å². The number of phenols is 1. The van der Waals surface area contributed by atoms with Crippen molar-refractivity contribution in [1.82, 2.24) is 0 Å². The summed E-state index contributed by atoms with van der Waals surface area (Å²) in [6.07, 6.45) is 0. The minimum absolute atomic E-state index is 0.205. The van der Waals surface area contributed by atoms with E-state index in [1.165, 1.54) is 42.5 Å². The quantitative estimate of drug-likeness (QED) is 0.469. The van der Waals surface area contributed by atoms with Crippen LogP contribution in [0.25, 0.3) is 10.8 Å². The molecule has 0 spiro atoms. The maximum absolute atomic E-state index is 11.4. The highest BCUT2D eigenvalue weighted by molar-refractivity contribution is 7.86. The molecule has 0 heterocycles. The maximum Gasteiger partial charge on any atom is 0.339 e. The molecule has 9 heteroatoms. The van der Waals surface area contributed by atoms with Crippen LogP contribution in [-0.4, -0.2) is 29.2 Å². The number of hydrogen-bond donors (Lipinski definition) is 3. The van der Waals surface area contributed by atoms with Crippen LogP contribution in [0.5, 0.6) is 5.75 Å². The number of aromatic carboxylic acids is 1. The van der Waals surface area contributed by atoms with E-state index in [0.29, 0.717) is 16.5 Å². The van der Waals surface area contributed by atoms with E-state index >= 15 is 0 Å². The van der Waals surface area contributed by atoms with Gasteiger partial charge in [0.2, 0.25) is 0 Å². The lowest BCUT2D eigenvalue weighted by atomic mass is 10.1. The first kappa shape index (κ1) is 17.5. The van der Waals surface area contributed by atoms with Gasteiger partial charge in [0.05, 0.1) is 11.4 Å². The van der Waals surface area contributed by atoms with E-state index in [4.69, 9.17) is 5.11 Å². The van der Waals surface area contributed by atoms with Gasteiger partial charge in [-0.05, 0) is 41.8 Å². The molecule has 0 bridgehead atoms. The molecule has 3 rings (SSSR count). The van der Waals surface area contributed by atoms with Crippen LogP contribution in [0.15, 0.2) is 69.7 Å². The molecule has 0 amide bonds. The molecule has 0 aliphatic rings. The lowest BCUT2D eigenvalue weighted by Gasteiger charge is -2.04. The number of carboxylic acids is 1. The van der Waals surface area contributed by atoms with Crippen molar-refractivity contribution in [2.24, 2.45) is 10.2 Å². The Morgan fingerprint density at radius 3 is 2.23 bits per heavy atom. The summed E-state index contributed by atoms with van der Waals surface area (Å²) >= 11 is 0. The van der Waals surface area contributed by atoms with Crippen molar-refractivity contribution in [3.63, 3.8) is 0 Å². The first-order chi connectivity index (χ1) is 12.3. The van der Waals surface area contributed by atoms with Crippen LogP contribution in [0.2, 0.25) is 0 Å². The predicted molar refractivity (Wildman–Crippen MR) is 93.0 cm³/mol. The van der Waals surface area contributed by atoms with E-state index in [0.717, 1.165) is 0 Å². The average Bonchev–Trinajstić information content (AvgIpc) is 2.59. The van der Waals surface area contributed by atoms with Crippen LogP contribution in [0.4, 0.5) is 11.4 Å². The number of benzene rings is 3. The molecule has 0 saturated heterocycles. The van der Waals surface area contributed by atoms with Crippen molar-refractivity contribution in [2.75, 3.05) is 0 Å². The summed E-state index contributed by atoms with van der Waals surface area (Å²) in [6.45, 7) is 0. The molecule has 0 atom stereocenters. The largest absolute Gasteiger partial charge is 0.507 e. The molecule has 0 fully saturated rings. The molecule has 0 aliphatic carbocycles. The van der Waals surface area contributed by atoms with Crippen LogP contribution >= 0.6 is 0 Å². The number of fused-ring (bicyclic) bond motifs is 1. The molecular formula is C17H12N2O6S. The number of nitrogens with zero attached hydrogens (tertiary/aromatic N) is 2. The standard InChI is InChI=1S/C17H12N2O6S/c20-15-7-5-12(9-14(15)17(21)22)19-18-11-4-6-13-10(8-11)2-1-3-16(13)26(23,24)25/h1-9,20H,(H,21,22)(H,23,24,25). The van der Waals surface area contributed by atoms with Crippen LogP contribution < -0.4 is 0 Å². The van der Waals surface area contributed by atoms with E-state index < -0.39 is 16.1 Å². The van der Waals surface area contributed by atoms with Crippen molar-refractivity contribution in [3.05, 3.63) is 60.2 Å². The van der Waals surface area contributed by atoms with Gasteiger partial charge in [-0.1, -0.05) is 18.2 Å². The highest BCUT2D eigenvalue weighted by Gasteiger charge is 2.13. The van der Waals surface area contributed by atoms with Gasteiger partial charge in [0.25, 0.3) is 10.1 Å². The molecule has 0 unspecified atom stereocenters. The van der Waals surface area contributed by atoms with Crippen LogP contribution in [0.1, 0.15) is 10.4 Å². The third kappa shape index (κ3) is 3.53.